The SMILES string of the molecule is COc1ccc(CCC(C)NC(=O)C2CCCN2C(=O)Cc2ccccc2)cc1. The van der Waals surface area contributed by atoms with Gasteiger partial charge in [0.1, 0.15) is 11.8 Å². The molecule has 1 aliphatic heterocycles. The van der Waals surface area contributed by atoms with Gasteiger partial charge in [0.15, 0.2) is 0 Å². The Morgan fingerprint density at radius 1 is 1.10 bits per heavy atom. The topological polar surface area (TPSA) is 58.6 Å². The van der Waals surface area contributed by atoms with Crippen LogP contribution in [0.4, 0.5) is 0 Å². The van der Waals surface area contributed by atoms with Gasteiger partial charge in [-0.2, -0.15) is 0 Å². The average Bonchev–Trinajstić information content (AvgIpc) is 3.24. The number of rotatable bonds is 8. The van der Waals surface area contributed by atoms with E-state index < -0.39 is 0 Å². The first-order chi connectivity index (χ1) is 14.1. The van der Waals surface area contributed by atoms with E-state index in [1.54, 1.807) is 12.0 Å². The second-order valence-electron chi connectivity index (χ2n) is 7.70. The molecular weight excluding hydrogens is 364 g/mol. The minimum absolute atomic E-state index is 0.0275. The lowest BCUT2D eigenvalue weighted by atomic mass is 10.1. The molecule has 5 nitrogen and oxygen atoms in total. The Bertz CT molecular complexity index is 805. The summed E-state index contributed by atoms with van der Waals surface area (Å²) in [4.78, 5) is 27.3. The highest BCUT2D eigenvalue weighted by molar-refractivity contribution is 5.89. The summed E-state index contributed by atoms with van der Waals surface area (Å²) >= 11 is 0. The number of nitrogens with one attached hydrogen (secondary N) is 1. The lowest BCUT2D eigenvalue weighted by Crippen LogP contribution is -2.48. The van der Waals surface area contributed by atoms with Crippen LogP contribution >= 0.6 is 0 Å². The number of nitrogens with zero attached hydrogens (tertiary/aromatic N) is 1. The van der Waals surface area contributed by atoms with E-state index in [9.17, 15) is 9.59 Å². The molecule has 0 aliphatic carbocycles. The molecule has 154 valence electrons. The number of likely N-dealkylation sites (tertiary alicyclic amines) is 1. The lowest BCUT2D eigenvalue weighted by Gasteiger charge is -2.25. The Morgan fingerprint density at radius 2 is 1.83 bits per heavy atom. The molecule has 0 aromatic heterocycles. The van der Waals surface area contributed by atoms with Gasteiger partial charge >= 0.3 is 0 Å². The monoisotopic (exact) mass is 394 g/mol. The molecule has 2 aromatic carbocycles. The molecule has 29 heavy (non-hydrogen) atoms. The zero-order valence-corrected chi connectivity index (χ0v) is 17.3. The van der Waals surface area contributed by atoms with Gasteiger partial charge < -0.3 is 15.0 Å². The first-order valence-electron chi connectivity index (χ1n) is 10.3. The van der Waals surface area contributed by atoms with Gasteiger partial charge in [0.05, 0.1) is 13.5 Å². The zero-order chi connectivity index (χ0) is 20.6. The number of carbonyl (C=O) groups is 2. The van der Waals surface area contributed by atoms with Crippen molar-refractivity contribution in [2.24, 2.45) is 0 Å². The summed E-state index contributed by atoms with van der Waals surface area (Å²) in [5, 5.41) is 3.11. The number of amides is 2. The van der Waals surface area contributed by atoms with Crippen molar-refractivity contribution in [2.45, 2.75) is 51.1 Å². The number of hydrogen-bond donors (Lipinski definition) is 1. The molecule has 1 saturated heterocycles. The molecule has 5 heteroatoms. The number of ether oxygens (including phenoxy) is 1. The van der Waals surface area contributed by atoms with Crippen molar-refractivity contribution in [1.82, 2.24) is 10.2 Å². The van der Waals surface area contributed by atoms with Crippen LogP contribution in [0.25, 0.3) is 0 Å². The van der Waals surface area contributed by atoms with E-state index in [0.29, 0.717) is 13.0 Å². The van der Waals surface area contributed by atoms with E-state index in [2.05, 4.69) is 5.32 Å². The van der Waals surface area contributed by atoms with Crippen LogP contribution in [0.5, 0.6) is 5.75 Å². The van der Waals surface area contributed by atoms with Crippen molar-refractivity contribution >= 4 is 11.8 Å². The third-order valence-corrected chi connectivity index (χ3v) is 5.49. The van der Waals surface area contributed by atoms with Crippen LogP contribution in [0.2, 0.25) is 0 Å². The Hall–Kier alpha value is -2.82. The van der Waals surface area contributed by atoms with Gasteiger partial charge in [0.25, 0.3) is 0 Å². The smallest absolute Gasteiger partial charge is 0.243 e. The van der Waals surface area contributed by atoms with Crippen molar-refractivity contribution in [3.8, 4) is 5.75 Å². The Morgan fingerprint density at radius 3 is 2.52 bits per heavy atom. The fourth-order valence-corrected chi connectivity index (χ4v) is 3.80. The predicted octanol–water partition coefficient (Wildman–Crippen LogP) is 3.37. The maximum absolute atomic E-state index is 12.8. The molecule has 0 radical (unpaired) electrons. The molecule has 1 heterocycles. The van der Waals surface area contributed by atoms with E-state index in [1.165, 1.54) is 5.56 Å². The first kappa shape index (κ1) is 20.9. The Balaban J connectivity index is 1.49. The highest BCUT2D eigenvalue weighted by Gasteiger charge is 2.34. The van der Waals surface area contributed by atoms with Gasteiger partial charge in [-0.3, -0.25) is 9.59 Å². The van der Waals surface area contributed by atoms with E-state index in [4.69, 9.17) is 4.74 Å². The predicted molar refractivity (Wildman–Crippen MR) is 114 cm³/mol. The maximum Gasteiger partial charge on any atom is 0.243 e. The second kappa shape index (κ2) is 10.1. The number of aryl methyl sites for hydroxylation is 1. The second-order valence-corrected chi connectivity index (χ2v) is 7.70. The summed E-state index contributed by atoms with van der Waals surface area (Å²) in [5.41, 5.74) is 2.20. The van der Waals surface area contributed by atoms with Crippen molar-refractivity contribution < 1.29 is 14.3 Å². The maximum atomic E-state index is 12.8. The Labute approximate surface area is 173 Å². The van der Waals surface area contributed by atoms with Crippen LogP contribution in [-0.2, 0) is 22.4 Å². The van der Waals surface area contributed by atoms with Gasteiger partial charge in [-0.15, -0.1) is 0 Å². The molecule has 2 amide bonds. The number of benzene rings is 2. The average molecular weight is 395 g/mol. The molecule has 0 saturated carbocycles. The van der Waals surface area contributed by atoms with E-state index in [0.717, 1.165) is 37.0 Å². The van der Waals surface area contributed by atoms with Gasteiger partial charge in [-0.05, 0) is 55.9 Å². The fraction of sp³-hybridized carbons (Fsp3) is 0.417. The van der Waals surface area contributed by atoms with Crippen LogP contribution in [0.15, 0.2) is 54.6 Å². The molecule has 0 bridgehead atoms. The van der Waals surface area contributed by atoms with Crippen LogP contribution in [0.1, 0.15) is 37.3 Å². The molecular formula is C24H30N2O3. The number of hydrogen-bond acceptors (Lipinski definition) is 3. The summed E-state index contributed by atoms with van der Waals surface area (Å²) in [6, 6.07) is 17.4. The quantitative estimate of drug-likeness (QED) is 0.747. The molecule has 1 N–H and O–H groups in total. The number of methoxy groups -OCH3 is 1. The van der Waals surface area contributed by atoms with Crippen molar-refractivity contribution in [3.63, 3.8) is 0 Å². The standard InChI is InChI=1S/C24H30N2O3/c1-18(10-11-19-12-14-21(29-2)15-13-19)25-24(28)22-9-6-16-26(22)23(27)17-20-7-4-3-5-8-20/h3-5,7-8,12-15,18,22H,6,9-11,16-17H2,1-2H3,(H,25,28). The van der Waals surface area contributed by atoms with Crippen LogP contribution in [-0.4, -0.2) is 42.5 Å². The summed E-state index contributed by atoms with van der Waals surface area (Å²) in [6.45, 7) is 2.68. The van der Waals surface area contributed by atoms with Crippen molar-refractivity contribution in [2.75, 3.05) is 13.7 Å². The van der Waals surface area contributed by atoms with Gasteiger partial charge in [-0.25, -0.2) is 0 Å². The molecule has 2 atom stereocenters. The van der Waals surface area contributed by atoms with E-state index in [1.807, 2.05) is 61.5 Å². The Kier molecular flexibility index (Phi) is 7.28. The van der Waals surface area contributed by atoms with Gasteiger partial charge in [0.2, 0.25) is 11.8 Å². The van der Waals surface area contributed by atoms with E-state index >= 15 is 0 Å². The molecule has 2 unspecified atom stereocenters. The minimum atomic E-state index is -0.352. The van der Waals surface area contributed by atoms with E-state index in [-0.39, 0.29) is 23.9 Å². The molecule has 1 fully saturated rings. The molecule has 1 aliphatic rings. The summed E-state index contributed by atoms with van der Waals surface area (Å²) in [6.07, 6.45) is 3.68. The largest absolute Gasteiger partial charge is 0.497 e. The summed E-state index contributed by atoms with van der Waals surface area (Å²) < 4.78 is 5.18. The first-order valence-corrected chi connectivity index (χ1v) is 10.3. The lowest BCUT2D eigenvalue weighted by molar-refractivity contribution is -0.138. The third kappa shape index (κ3) is 5.83. The van der Waals surface area contributed by atoms with Crippen LogP contribution in [0, 0.1) is 0 Å². The molecule has 0 spiro atoms. The van der Waals surface area contributed by atoms with Crippen LogP contribution < -0.4 is 10.1 Å². The zero-order valence-electron chi connectivity index (χ0n) is 17.3. The highest BCUT2D eigenvalue weighted by Crippen LogP contribution is 2.20. The number of carbonyl (C=O) groups excluding carboxylic acids is 2. The fourth-order valence-electron chi connectivity index (χ4n) is 3.80. The van der Waals surface area contributed by atoms with Crippen molar-refractivity contribution in [1.29, 1.82) is 0 Å². The molecule has 2 aromatic rings. The van der Waals surface area contributed by atoms with Gasteiger partial charge in [0, 0.05) is 12.6 Å². The van der Waals surface area contributed by atoms with Crippen molar-refractivity contribution in [3.05, 3.63) is 65.7 Å². The molecule has 3 rings (SSSR count). The normalized spacial score (nSPS) is 17.0. The van der Waals surface area contributed by atoms with Gasteiger partial charge in [-0.1, -0.05) is 42.5 Å². The summed E-state index contributed by atoms with van der Waals surface area (Å²) in [5.74, 6) is 0.836. The summed E-state index contributed by atoms with van der Waals surface area (Å²) in [7, 11) is 1.66. The van der Waals surface area contributed by atoms with Crippen LogP contribution in [0.3, 0.4) is 0 Å². The minimum Gasteiger partial charge on any atom is -0.497 e. The highest BCUT2D eigenvalue weighted by atomic mass is 16.5. The third-order valence-electron chi connectivity index (χ3n) is 5.49.